The number of carbonyl (C=O) groups excluding carboxylic acids is 1. The van der Waals surface area contributed by atoms with Crippen molar-refractivity contribution in [3.8, 4) is 5.69 Å². The van der Waals surface area contributed by atoms with Crippen LogP contribution in [0.1, 0.15) is 24.1 Å². The predicted octanol–water partition coefficient (Wildman–Crippen LogP) is 3.05. The lowest BCUT2D eigenvalue weighted by atomic mass is 10.2. The molecule has 0 atom stereocenters. The summed E-state index contributed by atoms with van der Waals surface area (Å²) in [5.41, 5.74) is 3.83. The third-order valence-corrected chi connectivity index (χ3v) is 5.41. The Labute approximate surface area is 187 Å². The molecule has 7 nitrogen and oxygen atoms in total. The van der Waals surface area contributed by atoms with E-state index in [-0.39, 0.29) is 11.7 Å². The zero-order chi connectivity index (χ0) is 22.3. The number of benzene rings is 2. The van der Waals surface area contributed by atoms with Crippen LogP contribution in [-0.2, 0) is 17.8 Å². The van der Waals surface area contributed by atoms with Crippen molar-refractivity contribution in [2.45, 2.75) is 25.8 Å². The van der Waals surface area contributed by atoms with E-state index in [1.165, 1.54) is 12.1 Å². The van der Waals surface area contributed by atoms with Crippen LogP contribution in [0.5, 0.6) is 0 Å². The maximum Gasteiger partial charge on any atom is 0.227 e. The lowest BCUT2D eigenvalue weighted by molar-refractivity contribution is -0.117. The first-order valence-electron chi connectivity index (χ1n) is 10.8. The molecule has 0 saturated carbocycles. The number of nitrogens with one attached hydrogen (secondary N) is 2. The van der Waals surface area contributed by atoms with Crippen LogP contribution in [0.2, 0.25) is 0 Å². The van der Waals surface area contributed by atoms with Gasteiger partial charge in [-0.2, -0.15) is 5.10 Å². The topological polar surface area (TPSA) is 74.6 Å². The van der Waals surface area contributed by atoms with E-state index in [1.807, 2.05) is 41.4 Å². The summed E-state index contributed by atoms with van der Waals surface area (Å²) in [5, 5.41) is 11.1. The van der Waals surface area contributed by atoms with E-state index in [2.05, 4.69) is 20.7 Å². The number of hydrogen-bond donors (Lipinski definition) is 2. The molecule has 1 aromatic heterocycles. The highest BCUT2D eigenvalue weighted by molar-refractivity contribution is 5.95. The van der Waals surface area contributed by atoms with E-state index in [1.54, 1.807) is 23.9 Å². The predicted molar refractivity (Wildman–Crippen MR) is 123 cm³/mol. The first-order valence-corrected chi connectivity index (χ1v) is 10.8. The minimum Gasteiger partial charge on any atom is -0.356 e. The average Bonchev–Trinajstić information content (AvgIpc) is 3.46. The van der Waals surface area contributed by atoms with Crippen molar-refractivity contribution in [2.75, 3.05) is 25.0 Å². The minimum atomic E-state index is -0.262. The van der Waals surface area contributed by atoms with Crippen LogP contribution in [0.25, 0.3) is 5.69 Å². The van der Waals surface area contributed by atoms with Crippen molar-refractivity contribution < 1.29 is 9.18 Å². The van der Waals surface area contributed by atoms with Crippen LogP contribution in [0, 0.1) is 5.82 Å². The molecule has 1 aliphatic heterocycles. The van der Waals surface area contributed by atoms with Crippen LogP contribution >= 0.6 is 0 Å². The summed E-state index contributed by atoms with van der Waals surface area (Å²) in [4.78, 5) is 18.0. The van der Waals surface area contributed by atoms with Crippen LogP contribution in [-0.4, -0.2) is 41.8 Å². The summed E-state index contributed by atoms with van der Waals surface area (Å²) in [6.07, 6.45) is 4.16. The summed E-state index contributed by atoms with van der Waals surface area (Å²) in [5.74, 6) is 0.645. The van der Waals surface area contributed by atoms with E-state index >= 15 is 0 Å². The van der Waals surface area contributed by atoms with E-state index in [4.69, 9.17) is 0 Å². The maximum atomic E-state index is 13.1. The van der Waals surface area contributed by atoms with Crippen molar-refractivity contribution in [1.29, 1.82) is 0 Å². The van der Waals surface area contributed by atoms with Crippen molar-refractivity contribution in [3.05, 3.63) is 77.9 Å². The molecule has 1 saturated heterocycles. The highest BCUT2D eigenvalue weighted by Gasteiger charge is 2.21. The number of carbonyl (C=O) groups is 1. The average molecular weight is 435 g/mol. The fourth-order valence-electron chi connectivity index (χ4n) is 3.66. The van der Waals surface area contributed by atoms with Crippen LogP contribution in [0.3, 0.4) is 0 Å². The Kier molecular flexibility index (Phi) is 6.79. The van der Waals surface area contributed by atoms with Gasteiger partial charge in [0.1, 0.15) is 5.82 Å². The lowest BCUT2D eigenvalue weighted by Crippen LogP contribution is -2.37. The number of amides is 1. The largest absolute Gasteiger partial charge is 0.356 e. The molecule has 1 aliphatic rings. The van der Waals surface area contributed by atoms with Gasteiger partial charge in [0.2, 0.25) is 5.91 Å². The quantitative estimate of drug-likeness (QED) is 0.443. The first-order chi connectivity index (χ1) is 15.6. The molecule has 2 aromatic carbocycles. The zero-order valence-corrected chi connectivity index (χ0v) is 18.1. The summed E-state index contributed by atoms with van der Waals surface area (Å²) in [6.45, 7) is 2.11. The second-order valence-corrected chi connectivity index (χ2v) is 7.65. The third-order valence-electron chi connectivity index (χ3n) is 5.41. The fraction of sp³-hybridized carbons (Fsp3) is 0.292. The van der Waals surface area contributed by atoms with Crippen LogP contribution < -0.4 is 15.5 Å². The van der Waals surface area contributed by atoms with Crippen molar-refractivity contribution in [3.63, 3.8) is 0 Å². The molecule has 0 spiro atoms. The van der Waals surface area contributed by atoms with Gasteiger partial charge in [-0.25, -0.2) is 9.07 Å². The number of aromatic nitrogens is 2. The van der Waals surface area contributed by atoms with Gasteiger partial charge in [0.25, 0.3) is 0 Å². The Morgan fingerprint density at radius 3 is 2.50 bits per heavy atom. The Bertz CT molecular complexity index is 1070. The van der Waals surface area contributed by atoms with Crippen LogP contribution in [0.4, 0.5) is 10.1 Å². The van der Waals surface area contributed by atoms with E-state index in [0.29, 0.717) is 25.5 Å². The molecule has 1 amide bonds. The second kappa shape index (κ2) is 10.1. The van der Waals surface area contributed by atoms with Gasteiger partial charge in [0.15, 0.2) is 5.96 Å². The normalized spacial score (nSPS) is 14.1. The molecule has 1 fully saturated rings. The van der Waals surface area contributed by atoms with Gasteiger partial charge in [-0.05, 0) is 54.4 Å². The smallest absolute Gasteiger partial charge is 0.227 e. The molecular formula is C24H27FN6O. The lowest BCUT2D eigenvalue weighted by Gasteiger charge is -2.16. The van der Waals surface area contributed by atoms with E-state index in [0.717, 1.165) is 42.0 Å². The monoisotopic (exact) mass is 434 g/mol. The van der Waals surface area contributed by atoms with Crippen molar-refractivity contribution in [2.24, 2.45) is 4.99 Å². The Morgan fingerprint density at radius 1 is 1.06 bits per heavy atom. The standard InChI is InChI=1S/C24H27FN6O/c1-26-24(28-17-18-4-8-21(9-5-18)30-15-2-3-23(30)32)27-14-12-20-13-16-31(29-20)22-10-6-19(25)7-11-22/h4-11,13,16H,2-3,12,14-15,17H2,1H3,(H2,26,27,28). The molecule has 32 heavy (non-hydrogen) atoms. The maximum absolute atomic E-state index is 13.1. The number of nitrogens with zero attached hydrogens (tertiary/aromatic N) is 4. The summed E-state index contributed by atoms with van der Waals surface area (Å²) in [7, 11) is 1.74. The molecule has 2 N–H and O–H groups in total. The molecule has 0 aliphatic carbocycles. The van der Waals surface area contributed by atoms with Gasteiger partial charge < -0.3 is 15.5 Å². The van der Waals surface area contributed by atoms with Crippen molar-refractivity contribution in [1.82, 2.24) is 20.4 Å². The second-order valence-electron chi connectivity index (χ2n) is 7.65. The van der Waals surface area contributed by atoms with Gasteiger partial charge in [0, 0.05) is 51.4 Å². The van der Waals surface area contributed by atoms with E-state index in [9.17, 15) is 9.18 Å². The summed E-state index contributed by atoms with van der Waals surface area (Å²) in [6, 6.07) is 16.3. The summed E-state index contributed by atoms with van der Waals surface area (Å²) >= 11 is 0. The molecular weight excluding hydrogens is 407 g/mol. The first kappa shape index (κ1) is 21.5. The Balaban J connectivity index is 1.23. The van der Waals surface area contributed by atoms with Crippen molar-refractivity contribution >= 4 is 17.6 Å². The molecule has 0 bridgehead atoms. The SMILES string of the molecule is CN=C(NCCc1ccn(-c2ccc(F)cc2)n1)NCc1ccc(N2CCCC2=O)cc1. The number of halogens is 1. The minimum absolute atomic E-state index is 0.197. The molecule has 166 valence electrons. The summed E-state index contributed by atoms with van der Waals surface area (Å²) < 4.78 is 14.8. The fourth-order valence-corrected chi connectivity index (χ4v) is 3.66. The van der Waals surface area contributed by atoms with E-state index < -0.39 is 0 Å². The van der Waals surface area contributed by atoms with Crippen LogP contribution in [0.15, 0.2) is 65.8 Å². The number of rotatable bonds is 7. The molecule has 4 rings (SSSR count). The number of anilines is 1. The van der Waals surface area contributed by atoms with Gasteiger partial charge in [0.05, 0.1) is 11.4 Å². The molecule has 0 unspecified atom stereocenters. The highest BCUT2D eigenvalue weighted by atomic mass is 19.1. The third kappa shape index (κ3) is 5.32. The van der Waals surface area contributed by atoms with Gasteiger partial charge in [-0.3, -0.25) is 9.79 Å². The Morgan fingerprint density at radius 2 is 1.81 bits per heavy atom. The molecule has 2 heterocycles. The van der Waals surface area contributed by atoms with Gasteiger partial charge in [-0.1, -0.05) is 12.1 Å². The zero-order valence-electron chi connectivity index (χ0n) is 18.1. The Hall–Kier alpha value is -3.68. The molecule has 3 aromatic rings. The molecule has 8 heteroatoms. The number of aliphatic imine (C=N–C) groups is 1. The number of guanidine groups is 1. The van der Waals surface area contributed by atoms with Gasteiger partial charge >= 0.3 is 0 Å². The highest BCUT2D eigenvalue weighted by Crippen LogP contribution is 2.21. The van der Waals surface area contributed by atoms with Gasteiger partial charge in [-0.15, -0.1) is 0 Å². The number of hydrogen-bond acceptors (Lipinski definition) is 3. The molecule has 0 radical (unpaired) electrons.